The van der Waals surface area contributed by atoms with Crippen molar-refractivity contribution in [1.82, 2.24) is 4.90 Å². The molecule has 9 heteroatoms. The summed E-state index contributed by atoms with van der Waals surface area (Å²) < 4.78 is 39.6. The Balaban J connectivity index is 1.49. The van der Waals surface area contributed by atoms with Crippen LogP contribution in [0.1, 0.15) is 0 Å². The monoisotopic (exact) mass is 368 g/mol. The fraction of sp³-hybridized carbons (Fsp3) is 0.588. The molecule has 3 fully saturated rings. The topological polar surface area (TPSA) is 71.3 Å². The molecule has 0 radical (unpaired) electrons. The summed E-state index contributed by atoms with van der Waals surface area (Å²) in [6.07, 6.45) is -1.10. The fourth-order valence-corrected chi connectivity index (χ4v) is 3.61. The molecule has 3 aliphatic heterocycles. The minimum absolute atomic E-state index is 0.0406. The highest BCUT2D eigenvalue weighted by Gasteiger charge is 2.34. The maximum atomic E-state index is 14.7. The SMILES string of the molecule is NC[C@H]1CN(c2cc(F)c(N3CCN(C4COC4)CC3)c(F)c2)C(=O)O1. The average molecular weight is 368 g/mol. The van der Waals surface area contributed by atoms with Crippen LogP contribution in [-0.4, -0.2) is 75.6 Å². The molecular formula is C17H22F2N4O3. The van der Waals surface area contributed by atoms with Crippen molar-refractivity contribution in [1.29, 1.82) is 0 Å². The molecule has 1 aromatic carbocycles. The quantitative estimate of drug-likeness (QED) is 0.847. The minimum atomic E-state index is -0.676. The number of piperazine rings is 1. The highest BCUT2D eigenvalue weighted by atomic mass is 19.1. The van der Waals surface area contributed by atoms with Crippen molar-refractivity contribution in [2.24, 2.45) is 5.73 Å². The van der Waals surface area contributed by atoms with E-state index in [0.29, 0.717) is 19.1 Å². The van der Waals surface area contributed by atoms with Crippen LogP contribution in [-0.2, 0) is 9.47 Å². The predicted octanol–water partition coefficient (Wildman–Crippen LogP) is 0.769. The van der Waals surface area contributed by atoms with E-state index in [1.165, 1.54) is 17.0 Å². The summed E-state index contributed by atoms with van der Waals surface area (Å²) in [7, 11) is 0. The van der Waals surface area contributed by atoms with E-state index in [4.69, 9.17) is 15.2 Å². The van der Waals surface area contributed by atoms with Gasteiger partial charge in [0, 0.05) is 44.9 Å². The molecular weight excluding hydrogens is 346 g/mol. The second-order valence-electron chi connectivity index (χ2n) is 6.82. The van der Waals surface area contributed by atoms with E-state index in [9.17, 15) is 13.6 Å². The van der Waals surface area contributed by atoms with Crippen molar-refractivity contribution in [2.45, 2.75) is 12.1 Å². The van der Waals surface area contributed by atoms with Crippen LogP contribution in [0.2, 0.25) is 0 Å². The predicted molar refractivity (Wildman–Crippen MR) is 91.4 cm³/mol. The zero-order valence-corrected chi connectivity index (χ0v) is 14.4. The molecule has 0 saturated carbocycles. The number of hydrogen-bond donors (Lipinski definition) is 1. The van der Waals surface area contributed by atoms with Gasteiger partial charge in [-0.2, -0.15) is 0 Å². The normalized spacial score (nSPS) is 24.7. The van der Waals surface area contributed by atoms with Crippen molar-refractivity contribution in [3.05, 3.63) is 23.8 Å². The Morgan fingerprint density at radius 2 is 1.77 bits per heavy atom. The van der Waals surface area contributed by atoms with E-state index < -0.39 is 23.8 Å². The van der Waals surface area contributed by atoms with E-state index in [2.05, 4.69) is 4.90 Å². The second kappa shape index (κ2) is 6.98. The third-order valence-electron chi connectivity index (χ3n) is 5.22. The highest BCUT2D eigenvalue weighted by molar-refractivity contribution is 5.90. The summed E-state index contributed by atoms with van der Waals surface area (Å²) in [5.41, 5.74) is 5.60. The number of amides is 1. The Hall–Kier alpha value is -1.97. The number of nitrogens with zero attached hydrogens (tertiary/aromatic N) is 3. The van der Waals surface area contributed by atoms with Gasteiger partial charge in [-0.15, -0.1) is 0 Å². The number of carbonyl (C=O) groups excluding carboxylic acids is 1. The lowest BCUT2D eigenvalue weighted by Crippen LogP contribution is -2.56. The summed E-state index contributed by atoms with van der Waals surface area (Å²) in [4.78, 5) is 17.1. The molecule has 0 aliphatic carbocycles. The summed E-state index contributed by atoms with van der Waals surface area (Å²) in [6.45, 7) is 4.39. The van der Waals surface area contributed by atoms with Crippen LogP contribution in [0, 0.1) is 11.6 Å². The Kier molecular flexibility index (Phi) is 4.68. The van der Waals surface area contributed by atoms with Gasteiger partial charge in [0.15, 0.2) is 11.6 Å². The molecule has 7 nitrogen and oxygen atoms in total. The number of nitrogens with two attached hydrogens (primary N) is 1. The van der Waals surface area contributed by atoms with Crippen LogP contribution in [0.3, 0.4) is 0 Å². The number of hydrogen-bond acceptors (Lipinski definition) is 6. The third-order valence-corrected chi connectivity index (χ3v) is 5.22. The molecule has 2 N–H and O–H groups in total. The second-order valence-corrected chi connectivity index (χ2v) is 6.82. The lowest BCUT2D eigenvalue weighted by molar-refractivity contribution is -0.0661. The molecule has 142 valence electrons. The van der Waals surface area contributed by atoms with Crippen LogP contribution in [0.4, 0.5) is 25.0 Å². The summed E-state index contributed by atoms with van der Waals surface area (Å²) in [5, 5.41) is 0. The number of rotatable bonds is 4. The Bertz CT molecular complexity index is 670. The van der Waals surface area contributed by atoms with Gasteiger partial charge >= 0.3 is 6.09 Å². The van der Waals surface area contributed by atoms with Gasteiger partial charge in [0.1, 0.15) is 11.8 Å². The number of halogens is 2. The Labute approximate surface area is 150 Å². The molecule has 1 atom stereocenters. The van der Waals surface area contributed by atoms with Gasteiger partial charge in [-0.1, -0.05) is 0 Å². The van der Waals surface area contributed by atoms with Gasteiger partial charge < -0.3 is 20.1 Å². The number of anilines is 2. The molecule has 4 rings (SSSR count). The molecule has 1 amide bonds. The van der Waals surface area contributed by atoms with Crippen LogP contribution in [0.15, 0.2) is 12.1 Å². The van der Waals surface area contributed by atoms with Crippen molar-refractivity contribution in [2.75, 3.05) is 62.3 Å². The maximum Gasteiger partial charge on any atom is 0.414 e. The van der Waals surface area contributed by atoms with Crippen LogP contribution in [0.25, 0.3) is 0 Å². The molecule has 1 aromatic rings. The molecule has 0 spiro atoms. The maximum absolute atomic E-state index is 14.7. The smallest absolute Gasteiger partial charge is 0.414 e. The molecule has 0 bridgehead atoms. The van der Waals surface area contributed by atoms with Crippen LogP contribution >= 0.6 is 0 Å². The zero-order chi connectivity index (χ0) is 18.3. The lowest BCUT2D eigenvalue weighted by Gasteiger charge is -2.43. The molecule has 3 aliphatic rings. The average Bonchev–Trinajstić information content (AvgIpc) is 2.95. The summed E-state index contributed by atoms with van der Waals surface area (Å²) in [6, 6.07) is 2.79. The van der Waals surface area contributed by atoms with E-state index in [0.717, 1.165) is 26.3 Å². The third kappa shape index (κ3) is 3.10. The van der Waals surface area contributed by atoms with E-state index in [1.54, 1.807) is 4.90 Å². The Morgan fingerprint density at radius 1 is 1.12 bits per heavy atom. The lowest BCUT2D eigenvalue weighted by atomic mass is 10.1. The van der Waals surface area contributed by atoms with Crippen molar-refractivity contribution >= 4 is 17.5 Å². The Morgan fingerprint density at radius 3 is 2.27 bits per heavy atom. The highest BCUT2D eigenvalue weighted by Crippen LogP contribution is 2.31. The van der Waals surface area contributed by atoms with Crippen molar-refractivity contribution in [3.8, 4) is 0 Å². The first kappa shape index (κ1) is 17.4. The van der Waals surface area contributed by atoms with Gasteiger partial charge in [0.25, 0.3) is 0 Å². The summed E-state index contributed by atoms with van der Waals surface area (Å²) >= 11 is 0. The standard InChI is InChI=1S/C17H22F2N4O3/c18-14-5-11(23-8-13(7-20)26-17(23)24)6-15(19)16(14)22-3-1-21(2-4-22)12-9-25-10-12/h5-6,12-13H,1-4,7-10,20H2/t13-/m0/s1. The zero-order valence-electron chi connectivity index (χ0n) is 14.4. The van der Waals surface area contributed by atoms with E-state index in [-0.39, 0.29) is 24.5 Å². The van der Waals surface area contributed by atoms with Gasteiger partial charge in [-0.05, 0) is 0 Å². The van der Waals surface area contributed by atoms with Gasteiger partial charge in [0.2, 0.25) is 0 Å². The first-order chi connectivity index (χ1) is 12.6. The van der Waals surface area contributed by atoms with Gasteiger partial charge in [0.05, 0.1) is 31.5 Å². The van der Waals surface area contributed by atoms with Gasteiger partial charge in [-0.3, -0.25) is 9.80 Å². The van der Waals surface area contributed by atoms with Crippen LogP contribution in [0.5, 0.6) is 0 Å². The van der Waals surface area contributed by atoms with Crippen molar-refractivity contribution < 1.29 is 23.0 Å². The van der Waals surface area contributed by atoms with Crippen molar-refractivity contribution in [3.63, 3.8) is 0 Å². The van der Waals surface area contributed by atoms with E-state index in [1.807, 2.05) is 0 Å². The first-order valence-corrected chi connectivity index (χ1v) is 8.81. The number of cyclic esters (lactones) is 1. The molecule has 3 heterocycles. The fourth-order valence-electron chi connectivity index (χ4n) is 3.61. The molecule has 3 saturated heterocycles. The number of ether oxygens (including phenoxy) is 2. The first-order valence-electron chi connectivity index (χ1n) is 8.81. The number of carbonyl (C=O) groups is 1. The molecule has 0 unspecified atom stereocenters. The van der Waals surface area contributed by atoms with E-state index >= 15 is 0 Å². The summed E-state index contributed by atoms with van der Waals surface area (Å²) in [5.74, 6) is -1.35. The largest absolute Gasteiger partial charge is 0.443 e. The number of benzene rings is 1. The molecule has 26 heavy (non-hydrogen) atoms. The van der Waals surface area contributed by atoms with Crippen LogP contribution < -0.4 is 15.5 Å². The van der Waals surface area contributed by atoms with Gasteiger partial charge in [-0.25, -0.2) is 13.6 Å². The minimum Gasteiger partial charge on any atom is -0.443 e. The molecule has 0 aromatic heterocycles.